The summed E-state index contributed by atoms with van der Waals surface area (Å²) >= 11 is 0. The molecule has 1 aliphatic heterocycles. The van der Waals surface area contributed by atoms with Crippen molar-refractivity contribution in [3.05, 3.63) is 18.2 Å². The predicted octanol–water partition coefficient (Wildman–Crippen LogP) is 2.27. The first-order chi connectivity index (χ1) is 9.60. The number of carbonyl (C=O) groups excluding carboxylic acids is 1. The molecule has 2 rings (SSSR count). The highest BCUT2D eigenvalue weighted by molar-refractivity contribution is 5.94. The van der Waals surface area contributed by atoms with E-state index in [1.165, 1.54) is 25.3 Å². The molecule has 1 aromatic carbocycles. The van der Waals surface area contributed by atoms with Crippen LogP contribution in [0.15, 0.2) is 18.2 Å². The van der Waals surface area contributed by atoms with E-state index in [1.807, 2.05) is 0 Å². The molecule has 0 radical (unpaired) electrons. The topological polar surface area (TPSA) is 59.6 Å². The summed E-state index contributed by atoms with van der Waals surface area (Å²) < 4.78 is 34.1. The second kappa shape index (κ2) is 7.99. The maximum Gasteiger partial charge on any atom is 0.387 e. The Morgan fingerprint density at radius 2 is 2.24 bits per heavy atom. The molecule has 0 aromatic heterocycles. The van der Waals surface area contributed by atoms with Gasteiger partial charge < -0.3 is 20.1 Å². The van der Waals surface area contributed by atoms with Crippen LogP contribution in [0.4, 0.5) is 14.5 Å². The van der Waals surface area contributed by atoms with Crippen molar-refractivity contribution in [2.75, 3.05) is 25.5 Å². The lowest BCUT2D eigenvalue weighted by Gasteiger charge is -2.15. The van der Waals surface area contributed by atoms with E-state index in [0.717, 1.165) is 13.0 Å². The van der Waals surface area contributed by atoms with Crippen molar-refractivity contribution in [1.82, 2.24) is 5.32 Å². The lowest BCUT2D eigenvalue weighted by molar-refractivity contribution is -0.119. The first-order valence-electron chi connectivity index (χ1n) is 6.24. The van der Waals surface area contributed by atoms with Crippen LogP contribution in [0.3, 0.4) is 0 Å². The van der Waals surface area contributed by atoms with Gasteiger partial charge in [-0.15, -0.1) is 12.4 Å². The van der Waals surface area contributed by atoms with Gasteiger partial charge in [-0.2, -0.15) is 8.78 Å². The lowest BCUT2D eigenvalue weighted by atomic mass is 10.1. The number of methoxy groups -OCH3 is 1. The van der Waals surface area contributed by atoms with E-state index >= 15 is 0 Å². The third kappa shape index (κ3) is 4.71. The molecule has 1 aromatic rings. The average molecular weight is 323 g/mol. The van der Waals surface area contributed by atoms with Crippen LogP contribution >= 0.6 is 12.4 Å². The molecule has 0 saturated carbocycles. The van der Waals surface area contributed by atoms with E-state index in [1.54, 1.807) is 0 Å². The predicted molar refractivity (Wildman–Crippen MR) is 76.5 cm³/mol. The maximum atomic E-state index is 12.3. The van der Waals surface area contributed by atoms with Gasteiger partial charge in [0.2, 0.25) is 5.91 Å². The van der Waals surface area contributed by atoms with Crippen LogP contribution < -0.4 is 20.1 Å². The van der Waals surface area contributed by atoms with Crippen molar-refractivity contribution < 1.29 is 23.0 Å². The molecule has 0 aliphatic carbocycles. The number of halogens is 3. The number of benzene rings is 1. The smallest absolute Gasteiger partial charge is 0.387 e. The summed E-state index contributed by atoms with van der Waals surface area (Å²) in [6.45, 7) is -1.59. The van der Waals surface area contributed by atoms with Crippen LogP contribution in [0.5, 0.6) is 11.5 Å². The summed E-state index contributed by atoms with van der Waals surface area (Å²) in [5.41, 5.74) is 0.182. The SMILES string of the molecule is COc1ccc(OC(F)F)c(NC(=O)C2CCNC2)c1.Cl. The van der Waals surface area contributed by atoms with Crippen LogP contribution in [0.2, 0.25) is 0 Å². The van der Waals surface area contributed by atoms with Crippen molar-refractivity contribution >= 4 is 24.0 Å². The number of ether oxygens (including phenoxy) is 2. The molecular formula is C13H17ClF2N2O3. The van der Waals surface area contributed by atoms with E-state index < -0.39 is 6.61 Å². The number of carbonyl (C=O) groups is 1. The van der Waals surface area contributed by atoms with Crippen LogP contribution in [0.25, 0.3) is 0 Å². The monoisotopic (exact) mass is 322 g/mol. The third-order valence-electron chi connectivity index (χ3n) is 3.09. The largest absolute Gasteiger partial charge is 0.497 e. The van der Waals surface area contributed by atoms with Crippen molar-refractivity contribution in [3.8, 4) is 11.5 Å². The number of anilines is 1. The molecule has 8 heteroatoms. The second-order valence-corrected chi connectivity index (χ2v) is 4.42. The Labute approximate surface area is 127 Å². The molecule has 1 fully saturated rings. The van der Waals surface area contributed by atoms with Crippen molar-refractivity contribution in [2.24, 2.45) is 5.92 Å². The molecule has 2 N–H and O–H groups in total. The molecule has 1 heterocycles. The van der Waals surface area contributed by atoms with Crippen LogP contribution in [0, 0.1) is 5.92 Å². The summed E-state index contributed by atoms with van der Waals surface area (Å²) in [6.07, 6.45) is 0.723. The molecule has 0 bridgehead atoms. The Morgan fingerprint density at radius 1 is 1.48 bits per heavy atom. The van der Waals surface area contributed by atoms with E-state index in [4.69, 9.17) is 4.74 Å². The highest BCUT2D eigenvalue weighted by atomic mass is 35.5. The fraction of sp³-hybridized carbons (Fsp3) is 0.462. The van der Waals surface area contributed by atoms with Gasteiger partial charge in [0.05, 0.1) is 18.7 Å². The van der Waals surface area contributed by atoms with Gasteiger partial charge in [0.15, 0.2) is 0 Å². The molecule has 1 atom stereocenters. The number of amides is 1. The van der Waals surface area contributed by atoms with Crippen LogP contribution in [-0.2, 0) is 4.79 Å². The number of alkyl halides is 2. The molecule has 1 saturated heterocycles. The summed E-state index contributed by atoms with van der Waals surface area (Å²) in [4.78, 5) is 12.0. The highest BCUT2D eigenvalue weighted by Gasteiger charge is 2.23. The maximum absolute atomic E-state index is 12.3. The molecule has 1 amide bonds. The zero-order valence-corrected chi connectivity index (χ0v) is 12.2. The zero-order chi connectivity index (χ0) is 14.5. The fourth-order valence-electron chi connectivity index (χ4n) is 2.05. The van der Waals surface area contributed by atoms with Crippen molar-refractivity contribution in [3.63, 3.8) is 0 Å². The normalized spacial score (nSPS) is 17.2. The number of hydrogen-bond acceptors (Lipinski definition) is 4. The Balaban J connectivity index is 0.00000220. The molecule has 5 nitrogen and oxygen atoms in total. The van der Waals surface area contributed by atoms with Gasteiger partial charge in [0.1, 0.15) is 11.5 Å². The summed E-state index contributed by atoms with van der Waals surface area (Å²) in [5, 5.41) is 5.69. The number of rotatable bonds is 5. The van der Waals surface area contributed by atoms with Gasteiger partial charge in [-0.1, -0.05) is 0 Å². The Hall–Kier alpha value is -1.60. The molecule has 0 spiro atoms. The van der Waals surface area contributed by atoms with Crippen LogP contribution in [-0.4, -0.2) is 32.7 Å². The van der Waals surface area contributed by atoms with Gasteiger partial charge in [0, 0.05) is 12.6 Å². The van der Waals surface area contributed by atoms with Crippen LogP contribution in [0.1, 0.15) is 6.42 Å². The minimum atomic E-state index is -2.95. The molecule has 118 valence electrons. The van der Waals surface area contributed by atoms with Crippen molar-refractivity contribution in [2.45, 2.75) is 13.0 Å². The van der Waals surface area contributed by atoms with Gasteiger partial charge in [-0.25, -0.2) is 0 Å². The van der Waals surface area contributed by atoms with E-state index in [-0.39, 0.29) is 35.7 Å². The average Bonchev–Trinajstić information content (AvgIpc) is 2.94. The quantitative estimate of drug-likeness (QED) is 0.873. The molecule has 21 heavy (non-hydrogen) atoms. The molecule has 1 aliphatic rings. The minimum absolute atomic E-state index is 0. The number of nitrogens with one attached hydrogen (secondary N) is 2. The Bertz CT molecular complexity index is 482. The standard InChI is InChI=1S/C13H16F2N2O3.ClH/c1-19-9-2-3-11(20-13(14)15)10(6-9)17-12(18)8-4-5-16-7-8;/h2-3,6,8,13,16H,4-5,7H2,1H3,(H,17,18);1H. The molecular weight excluding hydrogens is 306 g/mol. The van der Waals surface area contributed by atoms with Gasteiger partial charge in [-0.05, 0) is 25.1 Å². The molecule has 1 unspecified atom stereocenters. The Kier molecular flexibility index (Phi) is 6.64. The number of hydrogen-bond donors (Lipinski definition) is 2. The highest BCUT2D eigenvalue weighted by Crippen LogP contribution is 2.31. The zero-order valence-electron chi connectivity index (χ0n) is 11.4. The van der Waals surface area contributed by atoms with Gasteiger partial charge >= 0.3 is 6.61 Å². The first-order valence-corrected chi connectivity index (χ1v) is 6.24. The van der Waals surface area contributed by atoms with E-state index in [0.29, 0.717) is 12.3 Å². The van der Waals surface area contributed by atoms with Gasteiger partial charge in [0.25, 0.3) is 0 Å². The van der Waals surface area contributed by atoms with Crippen molar-refractivity contribution in [1.29, 1.82) is 0 Å². The summed E-state index contributed by atoms with van der Waals surface area (Å²) in [6, 6.07) is 4.29. The minimum Gasteiger partial charge on any atom is -0.497 e. The first kappa shape index (κ1) is 17.5. The lowest BCUT2D eigenvalue weighted by Crippen LogP contribution is -2.25. The fourth-order valence-corrected chi connectivity index (χ4v) is 2.05. The summed E-state index contributed by atoms with van der Waals surface area (Å²) in [7, 11) is 1.45. The summed E-state index contributed by atoms with van der Waals surface area (Å²) in [5.74, 6) is -0.0189. The van der Waals surface area contributed by atoms with E-state index in [9.17, 15) is 13.6 Å². The van der Waals surface area contributed by atoms with E-state index in [2.05, 4.69) is 15.4 Å². The second-order valence-electron chi connectivity index (χ2n) is 4.42. The Morgan fingerprint density at radius 3 is 2.81 bits per heavy atom. The third-order valence-corrected chi connectivity index (χ3v) is 3.09. The van der Waals surface area contributed by atoms with Gasteiger partial charge in [-0.3, -0.25) is 4.79 Å².